The largest absolute Gasteiger partial charge is 0.393 e. The lowest BCUT2D eigenvalue weighted by Crippen LogP contribution is -2.28. The Morgan fingerprint density at radius 1 is 1.42 bits per heavy atom. The van der Waals surface area contributed by atoms with Crippen molar-refractivity contribution in [1.82, 2.24) is 0 Å². The molecule has 1 nitrogen and oxygen atoms in total. The minimum Gasteiger partial charge on any atom is -0.393 e. The number of aliphatic hydroxyl groups excluding tert-OH is 1. The normalized spacial score (nSPS) is 21.0. The molecule has 0 bridgehead atoms. The molecule has 72 valence electrons. The average molecular weight is 170 g/mol. The molecule has 0 aromatic heterocycles. The van der Waals surface area contributed by atoms with Gasteiger partial charge in [-0.3, -0.25) is 0 Å². The van der Waals surface area contributed by atoms with Crippen molar-refractivity contribution in [1.29, 1.82) is 0 Å². The molecule has 0 radical (unpaired) electrons. The van der Waals surface area contributed by atoms with Gasteiger partial charge in [0.15, 0.2) is 0 Å². The van der Waals surface area contributed by atoms with E-state index in [0.717, 1.165) is 18.8 Å². The van der Waals surface area contributed by atoms with E-state index in [1.54, 1.807) is 0 Å². The summed E-state index contributed by atoms with van der Waals surface area (Å²) in [6.45, 7) is 6.47. The average Bonchev–Trinajstić information content (AvgIpc) is 2.83. The summed E-state index contributed by atoms with van der Waals surface area (Å²) in [4.78, 5) is 0. The third kappa shape index (κ3) is 2.78. The van der Waals surface area contributed by atoms with Crippen molar-refractivity contribution in [3.05, 3.63) is 0 Å². The zero-order chi connectivity index (χ0) is 9.19. The quantitative estimate of drug-likeness (QED) is 0.672. The highest BCUT2D eigenvalue weighted by Crippen LogP contribution is 2.36. The first-order chi connectivity index (χ1) is 5.56. The van der Waals surface area contributed by atoms with E-state index in [9.17, 15) is 5.11 Å². The van der Waals surface area contributed by atoms with Gasteiger partial charge >= 0.3 is 0 Å². The Bertz CT molecular complexity index is 136. The molecule has 0 aromatic rings. The van der Waals surface area contributed by atoms with Gasteiger partial charge in [0.1, 0.15) is 0 Å². The fourth-order valence-corrected chi connectivity index (χ4v) is 1.43. The van der Waals surface area contributed by atoms with Gasteiger partial charge in [-0.1, -0.05) is 33.6 Å². The second kappa shape index (κ2) is 3.78. The predicted molar refractivity (Wildman–Crippen MR) is 52.0 cm³/mol. The summed E-state index contributed by atoms with van der Waals surface area (Å²) in [5.74, 6) is 0.951. The monoisotopic (exact) mass is 170 g/mol. The van der Waals surface area contributed by atoms with Gasteiger partial charge < -0.3 is 5.11 Å². The minimum atomic E-state index is -0.0944. The minimum absolute atomic E-state index is 0.0944. The molecule has 1 saturated carbocycles. The van der Waals surface area contributed by atoms with Crippen LogP contribution in [0.3, 0.4) is 0 Å². The molecule has 1 atom stereocenters. The molecule has 1 fully saturated rings. The van der Waals surface area contributed by atoms with E-state index in [1.165, 1.54) is 19.3 Å². The number of hydrogen-bond donors (Lipinski definition) is 1. The lowest BCUT2D eigenvalue weighted by Gasteiger charge is -2.29. The van der Waals surface area contributed by atoms with Crippen molar-refractivity contribution < 1.29 is 5.11 Å². The number of rotatable bonds is 5. The van der Waals surface area contributed by atoms with Gasteiger partial charge in [0.25, 0.3) is 0 Å². The summed E-state index contributed by atoms with van der Waals surface area (Å²) in [6.07, 6.45) is 6.02. The SMILES string of the molecule is CCC(C)(C)C(O)CCC1CC1. The second-order valence-electron chi connectivity index (χ2n) is 4.88. The molecule has 0 heterocycles. The Labute approximate surface area is 76.2 Å². The van der Waals surface area contributed by atoms with Crippen molar-refractivity contribution in [3.8, 4) is 0 Å². The molecule has 12 heavy (non-hydrogen) atoms. The van der Waals surface area contributed by atoms with Gasteiger partial charge in [-0.15, -0.1) is 0 Å². The van der Waals surface area contributed by atoms with Crippen LogP contribution < -0.4 is 0 Å². The highest BCUT2D eigenvalue weighted by Gasteiger charge is 2.28. The molecule has 1 unspecified atom stereocenters. The lowest BCUT2D eigenvalue weighted by atomic mass is 9.81. The molecule has 0 aliphatic heterocycles. The molecule has 1 rings (SSSR count). The Balaban J connectivity index is 2.20. The van der Waals surface area contributed by atoms with E-state index < -0.39 is 0 Å². The number of hydrogen-bond acceptors (Lipinski definition) is 1. The predicted octanol–water partition coefficient (Wildman–Crippen LogP) is 2.97. The first kappa shape index (κ1) is 10.0. The van der Waals surface area contributed by atoms with E-state index in [0.29, 0.717) is 0 Å². The van der Waals surface area contributed by atoms with Crippen LogP contribution in [0, 0.1) is 11.3 Å². The third-order valence-corrected chi connectivity index (χ3v) is 3.36. The number of aliphatic hydroxyl groups is 1. The van der Waals surface area contributed by atoms with Crippen LogP contribution in [0.4, 0.5) is 0 Å². The maximum atomic E-state index is 9.85. The third-order valence-electron chi connectivity index (χ3n) is 3.36. The van der Waals surface area contributed by atoms with Gasteiger partial charge in [0, 0.05) is 0 Å². The smallest absolute Gasteiger partial charge is 0.0591 e. The summed E-state index contributed by atoms with van der Waals surface area (Å²) in [6, 6.07) is 0. The standard InChI is InChI=1S/C11H22O/c1-4-11(2,3)10(12)8-7-9-5-6-9/h9-10,12H,4-8H2,1-3H3. The van der Waals surface area contributed by atoms with Gasteiger partial charge in [-0.25, -0.2) is 0 Å². The van der Waals surface area contributed by atoms with E-state index in [-0.39, 0.29) is 11.5 Å². The van der Waals surface area contributed by atoms with Crippen molar-refractivity contribution in [3.63, 3.8) is 0 Å². The maximum Gasteiger partial charge on any atom is 0.0591 e. The van der Waals surface area contributed by atoms with Crippen LogP contribution in [-0.4, -0.2) is 11.2 Å². The Morgan fingerprint density at radius 2 is 2.00 bits per heavy atom. The van der Waals surface area contributed by atoms with Gasteiger partial charge in [0.05, 0.1) is 6.10 Å². The fraction of sp³-hybridized carbons (Fsp3) is 1.00. The lowest BCUT2D eigenvalue weighted by molar-refractivity contribution is 0.0378. The van der Waals surface area contributed by atoms with Crippen LogP contribution in [0.1, 0.15) is 52.9 Å². The molecule has 0 spiro atoms. The molecule has 1 heteroatoms. The molecule has 0 aromatic carbocycles. The summed E-state index contributed by atoms with van der Waals surface area (Å²) in [7, 11) is 0. The highest BCUT2D eigenvalue weighted by atomic mass is 16.3. The van der Waals surface area contributed by atoms with Crippen LogP contribution >= 0.6 is 0 Å². The fourth-order valence-electron chi connectivity index (χ4n) is 1.43. The summed E-state index contributed by atoms with van der Waals surface area (Å²) in [5.41, 5.74) is 0.120. The van der Waals surface area contributed by atoms with E-state index in [2.05, 4.69) is 20.8 Å². The molecule has 0 amide bonds. The van der Waals surface area contributed by atoms with Crippen LogP contribution in [-0.2, 0) is 0 Å². The molecule has 1 N–H and O–H groups in total. The molecular weight excluding hydrogens is 148 g/mol. The first-order valence-corrected chi connectivity index (χ1v) is 5.24. The van der Waals surface area contributed by atoms with Crippen LogP contribution in [0.5, 0.6) is 0 Å². The zero-order valence-corrected chi connectivity index (χ0v) is 8.64. The van der Waals surface area contributed by atoms with Crippen LogP contribution in [0.25, 0.3) is 0 Å². The second-order valence-corrected chi connectivity index (χ2v) is 4.88. The molecular formula is C11H22O. The summed E-state index contributed by atoms with van der Waals surface area (Å²) in [5, 5.41) is 9.85. The Hall–Kier alpha value is -0.0400. The van der Waals surface area contributed by atoms with Crippen LogP contribution in [0.2, 0.25) is 0 Å². The highest BCUT2D eigenvalue weighted by molar-refractivity contribution is 4.80. The Morgan fingerprint density at radius 3 is 2.42 bits per heavy atom. The molecule has 0 saturated heterocycles. The van der Waals surface area contributed by atoms with Gasteiger partial charge in [-0.2, -0.15) is 0 Å². The Kier molecular flexibility index (Phi) is 3.16. The van der Waals surface area contributed by atoms with Crippen LogP contribution in [0.15, 0.2) is 0 Å². The topological polar surface area (TPSA) is 20.2 Å². The van der Waals surface area contributed by atoms with Crippen molar-refractivity contribution in [2.45, 2.75) is 59.0 Å². The maximum absolute atomic E-state index is 9.85. The molecule has 1 aliphatic rings. The summed E-state index contributed by atoms with van der Waals surface area (Å²) >= 11 is 0. The van der Waals surface area contributed by atoms with Crippen molar-refractivity contribution >= 4 is 0 Å². The van der Waals surface area contributed by atoms with Gasteiger partial charge in [0.2, 0.25) is 0 Å². The van der Waals surface area contributed by atoms with E-state index in [1.807, 2.05) is 0 Å². The zero-order valence-electron chi connectivity index (χ0n) is 8.64. The van der Waals surface area contributed by atoms with E-state index >= 15 is 0 Å². The van der Waals surface area contributed by atoms with Gasteiger partial charge in [-0.05, 0) is 30.6 Å². The van der Waals surface area contributed by atoms with Crippen molar-refractivity contribution in [2.24, 2.45) is 11.3 Å². The summed E-state index contributed by atoms with van der Waals surface area (Å²) < 4.78 is 0. The van der Waals surface area contributed by atoms with Crippen molar-refractivity contribution in [2.75, 3.05) is 0 Å². The molecule has 1 aliphatic carbocycles. The first-order valence-electron chi connectivity index (χ1n) is 5.24. The van der Waals surface area contributed by atoms with E-state index in [4.69, 9.17) is 0 Å².